The van der Waals surface area contributed by atoms with Gasteiger partial charge in [0.15, 0.2) is 5.75 Å². The number of phenols is 1. The third-order valence-corrected chi connectivity index (χ3v) is 2.35. The second-order valence-corrected chi connectivity index (χ2v) is 3.15. The number of para-hydroxylation sites is 1. The van der Waals surface area contributed by atoms with Crippen LogP contribution in [-0.2, 0) is 0 Å². The van der Waals surface area contributed by atoms with Crippen LogP contribution in [0.4, 0.5) is 5.69 Å². The van der Waals surface area contributed by atoms with Crippen molar-refractivity contribution in [2.75, 3.05) is 18.0 Å². The van der Waals surface area contributed by atoms with Crippen LogP contribution in [-0.4, -0.2) is 29.3 Å². The molecule has 0 amide bonds. The van der Waals surface area contributed by atoms with Crippen molar-refractivity contribution >= 4 is 11.7 Å². The third-order valence-electron chi connectivity index (χ3n) is 2.35. The Morgan fingerprint density at radius 2 is 1.93 bits per heavy atom. The highest BCUT2D eigenvalue weighted by Gasteiger charge is 2.15. The molecule has 2 N–H and O–H groups in total. The predicted octanol–water partition coefficient (Wildman–Crippen LogP) is 1.94. The summed E-state index contributed by atoms with van der Waals surface area (Å²) in [6.45, 7) is 5.37. The Hall–Kier alpha value is -1.71. The fourth-order valence-electron chi connectivity index (χ4n) is 1.52. The molecular formula is C11H15NO3. The van der Waals surface area contributed by atoms with E-state index in [1.54, 1.807) is 12.1 Å². The first kappa shape index (κ1) is 11.4. The van der Waals surface area contributed by atoms with Gasteiger partial charge in [-0.2, -0.15) is 0 Å². The monoisotopic (exact) mass is 209 g/mol. The van der Waals surface area contributed by atoms with Gasteiger partial charge in [-0.05, 0) is 26.0 Å². The summed E-state index contributed by atoms with van der Waals surface area (Å²) < 4.78 is 0. The van der Waals surface area contributed by atoms with E-state index < -0.39 is 5.97 Å². The maximum atomic E-state index is 10.8. The van der Waals surface area contributed by atoms with E-state index in [-0.39, 0.29) is 11.3 Å². The minimum absolute atomic E-state index is 0.0561. The Kier molecular flexibility index (Phi) is 3.55. The fraction of sp³-hybridized carbons (Fsp3) is 0.364. The standard InChI is InChI=1S/C11H15NO3/c1-3-12(4-2)9-7-5-6-8(10(9)13)11(14)15/h5-7,13H,3-4H2,1-2H3,(H,14,15). The molecule has 0 unspecified atom stereocenters. The molecule has 4 nitrogen and oxygen atoms in total. The van der Waals surface area contributed by atoms with Crippen LogP contribution in [0.2, 0.25) is 0 Å². The summed E-state index contributed by atoms with van der Waals surface area (Å²) in [5.74, 6) is -1.27. The Bertz CT molecular complexity index is 359. The molecule has 0 spiro atoms. The second-order valence-electron chi connectivity index (χ2n) is 3.15. The predicted molar refractivity (Wildman–Crippen MR) is 58.6 cm³/mol. The number of anilines is 1. The van der Waals surface area contributed by atoms with Crippen LogP contribution in [0.3, 0.4) is 0 Å². The molecule has 0 aliphatic carbocycles. The summed E-state index contributed by atoms with van der Waals surface area (Å²) in [5, 5.41) is 18.6. The average molecular weight is 209 g/mol. The van der Waals surface area contributed by atoms with Crippen molar-refractivity contribution in [1.82, 2.24) is 0 Å². The smallest absolute Gasteiger partial charge is 0.339 e. The number of aromatic carboxylic acids is 1. The first-order valence-corrected chi connectivity index (χ1v) is 4.92. The van der Waals surface area contributed by atoms with Gasteiger partial charge < -0.3 is 15.1 Å². The van der Waals surface area contributed by atoms with E-state index in [1.807, 2.05) is 18.7 Å². The number of hydrogen-bond donors (Lipinski definition) is 2. The summed E-state index contributed by atoms with van der Waals surface area (Å²) in [5.41, 5.74) is 0.513. The number of hydrogen-bond acceptors (Lipinski definition) is 3. The summed E-state index contributed by atoms with van der Waals surface area (Å²) in [4.78, 5) is 12.7. The van der Waals surface area contributed by atoms with Crippen molar-refractivity contribution in [3.63, 3.8) is 0 Å². The highest BCUT2D eigenvalue weighted by Crippen LogP contribution is 2.30. The van der Waals surface area contributed by atoms with Gasteiger partial charge in [0.1, 0.15) is 5.56 Å². The number of nitrogens with zero attached hydrogens (tertiary/aromatic N) is 1. The summed E-state index contributed by atoms with van der Waals surface area (Å²) in [6, 6.07) is 4.75. The Morgan fingerprint density at radius 1 is 1.33 bits per heavy atom. The van der Waals surface area contributed by atoms with Crippen molar-refractivity contribution in [3.8, 4) is 5.75 Å². The zero-order chi connectivity index (χ0) is 11.4. The van der Waals surface area contributed by atoms with E-state index in [9.17, 15) is 9.90 Å². The molecule has 1 aromatic rings. The lowest BCUT2D eigenvalue weighted by Gasteiger charge is -2.22. The van der Waals surface area contributed by atoms with Crippen molar-refractivity contribution in [1.29, 1.82) is 0 Å². The number of carbonyl (C=O) groups is 1. The minimum Gasteiger partial charge on any atom is -0.505 e. The quantitative estimate of drug-likeness (QED) is 0.795. The van der Waals surface area contributed by atoms with Gasteiger partial charge in [0.2, 0.25) is 0 Å². The van der Waals surface area contributed by atoms with Crippen LogP contribution in [0.15, 0.2) is 18.2 Å². The Morgan fingerprint density at radius 3 is 2.40 bits per heavy atom. The molecular weight excluding hydrogens is 194 g/mol. The fourth-order valence-corrected chi connectivity index (χ4v) is 1.52. The van der Waals surface area contributed by atoms with Crippen LogP contribution in [0.25, 0.3) is 0 Å². The van der Waals surface area contributed by atoms with Gasteiger partial charge in [-0.3, -0.25) is 0 Å². The number of carboxylic acid groups (broad SMARTS) is 1. The molecule has 0 fully saturated rings. The normalized spacial score (nSPS) is 10.0. The zero-order valence-electron chi connectivity index (χ0n) is 8.90. The largest absolute Gasteiger partial charge is 0.505 e. The van der Waals surface area contributed by atoms with Crippen molar-refractivity contribution in [2.24, 2.45) is 0 Å². The lowest BCUT2D eigenvalue weighted by atomic mass is 10.1. The molecule has 15 heavy (non-hydrogen) atoms. The van der Waals surface area contributed by atoms with E-state index in [2.05, 4.69) is 0 Å². The second kappa shape index (κ2) is 4.68. The molecule has 0 bridgehead atoms. The molecule has 0 saturated carbocycles. The van der Waals surface area contributed by atoms with Crippen LogP contribution in [0, 0.1) is 0 Å². The van der Waals surface area contributed by atoms with Crippen LogP contribution in [0.1, 0.15) is 24.2 Å². The van der Waals surface area contributed by atoms with Gasteiger partial charge in [-0.1, -0.05) is 6.07 Å². The lowest BCUT2D eigenvalue weighted by Crippen LogP contribution is -2.22. The van der Waals surface area contributed by atoms with Gasteiger partial charge in [-0.25, -0.2) is 4.79 Å². The number of aromatic hydroxyl groups is 1. The number of carboxylic acids is 1. The van der Waals surface area contributed by atoms with E-state index in [1.165, 1.54) is 6.07 Å². The van der Waals surface area contributed by atoms with Crippen LogP contribution < -0.4 is 4.90 Å². The maximum absolute atomic E-state index is 10.8. The highest BCUT2D eigenvalue weighted by molar-refractivity contribution is 5.93. The van der Waals surface area contributed by atoms with Crippen molar-refractivity contribution in [3.05, 3.63) is 23.8 Å². The topological polar surface area (TPSA) is 60.8 Å². The van der Waals surface area contributed by atoms with Gasteiger partial charge in [0.05, 0.1) is 5.69 Å². The summed E-state index contributed by atoms with van der Waals surface area (Å²) in [6.07, 6.45) is 0. The highest BCUT2D eigenvalue weighted by atomic mass is 16.4. The first-order chi connectivity index (χ1) is 7.11. The van der Waals surface area contributed by atoms with Gasteiger partial charge in [0, 0.05) is 13.1 Å². The molecule has 1 aromatic carbocycles. The zero-order valence-corrected chi connectivity index (χ0v) is 8.90. The van der Waals surface area contributed by atoms with E-state index in [4.69, 9.17) is 5.11 Å². The van der Waals surface area contributed by atoms with E-state index in [0.29, 0.717) is 5.69 Å². The lowest BCUT2D eigenvalue weighted by molar-refractivity contribution is 0.0694. The first-order valence-electron chi connectivity index (χ1n) is 4.92. The average Bonchev–Trinajstić information content (AvgIpc) is 2.21. The van der Waals surface area contributed by atoms with Crippen LogP contribution >= 0.6 is 0 Å². The molecule has 82 valence electrons. The molecule has 0 radical (unpaired) electrons. The molecule has 0 aromatic heterocycles. The summed E-state index contributed by atoms with van der Waals surface area (Å²) >= 11 is 0. The molecule has 0 saturated heterocycles. The van der Waals surface area contributed by atoms with Gasteiger partial charge in [0.25, 0.3) is 0 Å². The third kappa shape index (κ3) is 2.21. The van der Waals surface area contributed by atoms with Gasteiger partial charge in [-0.15, -0.1) is 0 Å². The summed E-state index contributed by atoms with van der Waals surface area (Å²) in [7, 11) is 0. The van der Waals surface area contributed by atoms with E-state index in [0.717, 1.165) is 13.1 Å². The Labute approximate surface area is 88.8 Å². The maximum Gasteiger partial charge on any atom is 0.339 e. The van der Waals surface area contributed by atoms with Gasteiger partial charge >= 0.3 is 5.97 Å². The molecule has 0 heterocycles. The molecule has 0 atom stereocenters. The molecule has 0 aliphatic heterocycles. The number of rotatable bonds is 4. The minimum atomic E-state index is -1.11. The number of benzene rings is 1. The molecule has 4 heteroatoms. The Balaban J connectivity index is 3.19. The SMILES string of the molecule is CCN(CC)c1cccc(C(=O)O)c1O. The molecule has 0 aliphatic rings. The molecule has 1 rings (SSSR count). The van der Waals surface area contributed by atoms with Crippen LogP contribution in [0.5, 0.6) is 5.75 Å². The van der Waals surface area contributed by atoms with Crippen molar-refractivity contribution < 1.29 is 15.0 Å². The van der Waals surface area contributed by atoms with E-state index >= 15 is 0 Å². The van der Waals surface area contributed by atoms with Crippen molar-refractivity contribution in [2.45, 2.75) is 13.8 Å².